The van der Waals surface area contributed by atoms with Crippen molar-refractivity contribution in [2.24, 2.45) is 0 Å². The van der Waals surface area contributed by atoms with Crippen LogP contribution in [0.5, 0.6) is 0 Å². The van der Waals surface area contributed by atoms with Gasteiger partial charge in [0.2, 0.25) is 0 Å². The van der Waals surface area contributed by atoms with E-state index in [9.17, 15) is 10.1 Å². The van der Waals surface area contributed by atoms with Gasteiger partial charge in [-0.15, -0.1) is 0 Å². The minimum atomic E-state index is -0.0645. The van der Waals surface area contributed by atoms with Crippen LogP contribution in [0.3, 0.4) is 0 Å². The lowest BCUT2D eigenvalue weighted by atomic mass is 10.0. The topological polar surface area (TPSA) is 44.1 Å². The molecule has 0 saturated carbocycles. The Morgan fingerprint density at radius 3 is 2.45 bits per heavy atom. The van der Waals surface area contributed by atoms with Gasteiger partial charge in [0.05, 0.1) is 11.3 Å². The maximum atomic E-state index is 12.4. The molecule has 0 aliphatic heterocycles. The van der Waals surface area contributed by atoms with E-state index in [4.69, 9.17) is 0 Å². The molecule has 0 atom stereocenters. The van der Waals surface area contributed by atoms with E-state index in [0.29, 0.717) is 16.7 Å². The number of ketones is 1. The van der Waals surface area contributed by atoms with Gasteiger partial charge >= 0.3 is 0 Å². The molecule has 20 heavy (non-hydrogen) atoms. The van der Waals surface area contributed by atoms with E-state index >= 15 is 0 Å². The first kappa shape index (κ1) is 14.5. The molecule has 0 saturated heterocycles. The van der Waals surface area contributed by atoms with Gasteiger partial charge in [-0.25, -0.2) is 0 Å². The first-order valence-corrected chi connectivity index (χ1v) is 7.12. The van der Waals surface area contributed by atoms with Crippen LogP contribution in [-0.2, 0) is 0 Å². The van der Waals surface area contributed by atoms with Crippen molar-refractivity contribution in [1.29, 1.82) is 5.26 Å². The Balaban J connectivity index is 2.44. The van der Waals surface area contributed by atoms with Gasteiger partial charge in [-0.1, -0.05) is 12.1 Å². The van der Waals surface area contributed by atoms with Crippen molar-refractivity contribution in [3.05, 3.63) is 62.7 Å². The Labute approximate surface area is 132 Å². The highest BCUT2D eigenvalue weighted by molar-refractivity contribution is 14.1. The number of halogens is 1. The van der Waals surface area contributed by atoms with Crippen molar-refractivity contribution in [2.75, 3.05) is 19.0 Å². The molecule has 0 N–H and O–H groups in total. The van der Waals surface area contributed by atoms with Crippen LogP contribution < -0.4 is 4.90 Å². The summed E-state index contributed by atoms with van der Waals surface area (Å²) in [5.74, 6) is -0.0645. The van der Waals surface area contributed by atoms with Gasteiger partial charge in [0, 0.05) is 28.8 Å². The Bertz CT molecular complexity index is 702. The normalized spacial score (nSPS) is 9.90. The number of benzene rings is 2. The lowest BCUT2D eigenvalue weighted by Gasteiger charge is -2.14. The number of carbonyl (C=O) groups is 1. The molecule has 0 spiro atoms. The Kier molecular flexibility index (Phi) is 4.40. The number of nitrogens with zero attached hydrogens (tertiary/aromatic N) is 2. The van der Waals surface area contributed by atoms with Crippen LogP contribution in [0.15, 0.2) is 42.5 Å². The fourth-order valence-electron chi connectivity index (χ4n) is 1.95. The maximum absolute atomic E-state index is 12.4. The summed E-state index contributed by atoms with van der Waals surface area (Å²) in [5.41, 5.74) is 2.49. The van der Waals surface area contributed by atoms with Crippen molar-refractivity contribution >= 4 is 34.1 Å². The molecular weight excluding hydrogens is 363 g/mol. The number of carbonyl (C=O) groups excluding carboxylic acids is 1. The zero-order valence-corrected chi connectivity index (χ0v) is 13.4. The summed E-state index contributed by atoms with van der Waals surface area (Å²) in [4.78, 5) is 14.3. The maximum Gasteiger partial charge on any atom is 0.193 e. The Hall–Kier alpha value is -1.87. The fourth-order valence-corrected chi connectivity index (χ4v) is 2.50. The molecular formula is C16H13IN2O. The van der Waals surface area contributed by atoms with Gasteiger partial charge in [-0.05, 0) is 52.9 Å². The Morgan fingerprint density at radius 1 is 1.15 bits per heavy atom. The highest BCUT2D eigenvalue weighted by atomic mass is 127. The number of rotatable bonds is 3. The zero-order chi connectivity index (χ0) is 14.7. The first-order valence-electron chi connectivity index (χ1n) is 6.04. The van der Waals surface area contributed by atoms with Crippen molar-refractivity contribution < 1.29 is 4.79 Å². The monoisotopic (exact) mass is 376 g/mol. The molecule has 0 radical (unpaired) electrons. The Morgan fingerprint density at radius 2 is 1.85 bits per heavy atom. The molecule has 100 valence electrons. The molecule has 0 aromatic heterocycles. The van der Waals surface area contributed by atoms with E-state index in [1.54, 1.807) is 24.3 Å². The molecule has 0 heterocycles. The first-order chi connectivity index (χ1) is 9.52. The molecule has 0 aliphatic rings. The van der Waals surface area contributed by atoms with Crippen LogP contribution >= 0.6 is 22.6 Å². The predicted octanol–water partition coefficient (Wildman–Crippen LogP) is 3.46. The second-order valence-electron chi connectivity index (χ2n) is 4.58. The van der Waals surface area contributed by atoms with E-state index in [0.717, 1.165) is 9.26 Å². The molecule has 0 aliphatic carbocycles. The second kappa shape index (κ2) is 6.06. The SMILES string of the molecule is CN(C)c1ccc(C(=O)c2cccc(I)c2)cc1C#N. The van der Waals surface area contributed by atoms with Crippen LogP contribution in [0.25, 0.3) is 0 Å². The molecule has 2 aromatic carbocycles. The third kappa shape index (κ3) is 2.99. The van der Waals surface area contributed by atoms with Gasteiger partial charge in [0.1, 0.15) is 6.07 Å². The number of hydrogen-bond donors (Lipinski definition) is 0. The zero-order valence-electron chi connectivity index (χ0n) is 11.2. The van der Waals surface area contributed by atoms with E-state index in [2.05, 4.69) is 28.7 Å². The largest absolute Gasteiger partial charge is 0.377 e. The van der Waals surface area contributed by atoms with Crippen LogP contribution in [0.2, 0.25) is 0 Å². The van der Waals surface area contributed by atoms with Crippen LogP contribution in [0.4, 0.5) is 5.69 Å². The van der Waals surface area contributed by atoms with E-state index in [-0.39, 0.29) is 5.78 Å². The number of nitriles is 1. The van der Waals surface area contributed by atoms with Crippen molar-refractivity contribution in [3.8, 4) is 6.07 Å². The standard InChI is InChI=1S/C16H13IN2O/c1-19(2)15-7-6-12(8-13(15)10-18)16(20)11-4-3-5-14(17)9-11/h3-9H,1-2H3. The summed E-state index contributed by atoms with van der Waals surface area (Å²) >= 11 is 2.17. The molecule has 4 heteroatoms. The van der Waals surface area contributed by atoms with E-state index in [1.807, 2.05) is 37.2 Å². The van der Waals surface area contributed by atoms with Crippen LogP contribution in [-0.4, -0.2) is 19.9 Å². The average molecular weight is 376 g/mol. The number of hydrogen-bond acceptors (Lipinski definition) is 3. The lowest BCUT2D eigenvalue weighted by molar-refractivity contribution is 0.103. The van der Waals surface area contributed by atoms with Crippen LogP contribution in [0.1, 0.15) is 21.5 Å². The second-order valence-corrected chi connectivity index (χ2v) is 5.82. The molecule has 0 bridgehead atoms. The summed E-state index contributed by atoms with van der Waals surface area (Å²) in [6, 6.07) is 14.8. The van der Waals surface area contributed by atoms with Crippen molar-refractivity contribution in [3.63, 3.8) is 0 Å². The minimum Gasteiger partial charge on any atom is -0.377 e. The highest BCUT2D eigenvalue weighted by Gasteiger charge is 2.12. The van der Waals surface area contributed by atoms with Gasteiger partial charge in [0.15, 0.2) is 5.78 Å². The predicted molar refractivity (Wildman–Crippen MR) is 88.1 cm³/mol. The summed E-state index contributed by atoms with van der Waals surface area (Å²) in [6.45, 7) is 0. The van der Waals surface area contributed by atoms with Gasteiger partial charge in [-0.2, -0.15) is 5.26 Å². The molecule has 3 nitrogen and oxygen atoms in total. The third-order valence-corrected chi connectivity index (χ3v) is 3.62. The molecule has 0 amide bonds. The van der Waals surface area contributed by atoms with Gasteiger partial charge in [-0.3, -0.25) is 4.79 Å². The lowest BCUT2D eigenvalue weighted by Crippen LogP contribution is -2.11. The molecule has 2 rings (SSSR count). The van der Waals surface area contributed by atoms with Gasteiger partial charge < -0.3 is 4.90 Å². The van der Waals surface area contributed by atoms with Crippen LogP contribution in [0, 0.1) is 14.9 Å². The molecule has 0 fully saturated rings. The van der Waals surface area contributed by atoms with Crippen molar-refractivity contribution in [1.82, 2.24) is 0 Å². The molecule has 0 unspecified atom stereocenters. The summed E-state index contributed by atoms with van der Waals surface area (Å²) in [6.07, 6.45) is 0. The number of anilines is 1. The summed E-state index contributed by atoms with van der Waals surface area (Å²) < 4.78 is 1.01. The molecule has 2 aromatic rings. The fraction of sp³-hybridized carbons (Fsp3) is 0.125. The summed E-state index contributed by atoms with van der Waals surface area (Å²) in [5, 5.41) is 9.20. The van der Waals surface area contributed by atoms with E-state index < -0.39 is 0 Å². The van der Waals surface area contributed by atoms with Gasteiger partial charge in [0.25, 0.3) is 0 Å². The minimum absolute atomic E-state index is 0.0645. The average Bonchev–Trinajstić information content (AvgIpc) is 2.45. The van der Waals surface area contributed by atoms with E-state index in [1.165, 1.54) is 0 Å². The highest BCUT2D eigenvalue weighted by Crippen LogP contribution is 2.21. The quantitative estimate of drug-likeness (QED) is 0.609. The summed E-state index contributed by atoms with van der Waals surface area (Å²) in [7, 11) is 3.74. The smallest absolute Gasteiger partial charge is 0.193 e. The third-order valence-electron chi connectivity index (χ3n) is 2.95. The van der Waals surface area contributed by atoms with Crippen molar-refractivity contribution in [2.45, 2.75) is 0 Å².